The average molecular weight is 217 g/mol. The molecule has 1 aliphatic carbocycles. The zero-order valence-corrected chi connectivity index (χ0v) is 9.97. The van der Waals surface area contributed by atoms with Crippen LogP contribution >= 0.6 is 11.8 Å². The Morgan fingerprint density at radius 1 is 1.27 bits per heavy atom. The van der Waals surface area contributed by atoms with Crippen LogP contribution in [0.3, 0.4) is 0 Å². The van der Waals surface area contributed by atoms with Crippen molar-refractivity contribution in [2.24, 2.45) is 4.99 Å². The van der Waals surface area contributed by atoms with Crippen LogP contribution in [0.2, 0.25) is 0 Å². The third kappa shape index (κ3) is 2.00. The molecule has 0 bridgehead atoms. The molecular formula is C13H15NS. The van der Waals surface area contributed by atoms with Crippen LogP contribution < -0.4 is 0 Å². The Kier molecular flexibility index (Phi) is 3.27. The van der Waals surface area contributed by atoms with Crippen molar-refractivity contribution in [1.82, 2.24) is 0 Å². The molecular weight excluding hydrogens is 202 g/mol. The van der Waals surface area contributed by atoms with E-state index < -0.39 is 0 Å². The molecule has 1 nitrogen and oxygen atoms in total. The van der Waals surface area contributed by atoms with Gasteiger partial charge in [-0.15, -0.1) is 11.8 Å². The highest BCUT2D eigenvalue weighted by Crippen LogP contribution is 2.40. The van der Waals surface area contributed by atoms with Gasteiger partial charge in [0.25, 0.3) is 0 Å². The van der Waals surface area contributed by atoms with Gasteiger partial charge in [-0.3, -0.25) is 4.99 Å². The SMILES string of the molecule is CCSC1=C(c2ccccc2)C(=NC)C1. The van der Waals surface area contributed by atoms with Gasteiger partial charge in [0.1, 0.15) is 0 Å². The van der Waals surface area contributed by atoms with Crippen molar-refractivity contribution in [3.63, 3.8) is 0 Å². The lowest BCUT2D eigenvalue weighted by molar-refractivity contribution is 1.29. The molecule has 0 spiro atoms. The monoisotopic (exact) mass is 217 g/mol. The van der Waals surface area contributed by atoms with Crippen molar-refractivity contribution in [2.45, 2.75) is 13.3 Å². The first-order valence-corrected chi connectivity index (χ1v) is 6.22. The van der Waals surface area contributed by atoms with Crippen LogP contribution in [0.4, 0.5) is 0 Å². The van der Waals surface area contributed by atoms with Gasteiger partial charge in [0.05, 0.1) is 0 Å². The first-order valence-electron chi connectivity index (χ1n) is 5.24. The summed E-state index contributed by atoms with van der Waals surface area (Å²) < 4.78 is 0. The summed E-state index contributed by atoms with van der Waals surface area (Å²) in [7, 11) is 1.88. The van der Waals surface area contributed by atoms with Gasteiger partial charge in [0.2, 0.25) is 0 Å². The summed E-state index contributed by atoms with van der Waals surface area (Å²) in [4.78, 5) is 5.82. The van der Waals surface area contributed by atoms with Gasteiger partial charge < -0.3 is 0 Å². The highest BCUT2D eigenvalue weighted by atomic mass is 32.2. The number of thioether (sulfide) groups is 1. The molecule has 0 aromatic heterocycles. The molecule has 15 heavy (non-hydrogen) atoms. The fraction of sp³-hybridized carbons (Fsp3) is 0.308. The van der Waals surface area contributed by atoms with E-state index in [2.05, 4.69) is 42.2 Å². The largest absolute Gasteiger partial charge is 0.292 e. The fourth-order valence-electron chi connectivity index (χ4n) is 1.80. The minimum atomic E-state index is 1.05. The molecule has 1 aromatic rings. The number of benzene rings is 1. The zero-order chi connectivity index (χ0) is 10.7. The third-order valence-electron chi connectivity index (χ3n) is 2.55. The van der Waals surface area contributed by atoms with E-state index in [9.17, 15) is 0 Å². The van der Waals surface area contributed by atoms with Gasteiger partial charge >= 0.3 is 0 Å². The quantitative estimate of drug-likeness (QED) is 0.753. The van der Waals surface area contributed by atoms with Crippen molar-refractivity contribution < 1.29 is 0 Å². The minimum Gasteiger partial charge on any atom is -0.292 e. The molecule has 2 rings (SSSR count). The topological polar surface area (TPSA) is 12.4 Å². The summed E-state index contributed by atoms with van der Waals surface area (Å²) in [6.45, 7) is 2.20. The molecule has 0 saturated carbocycles. The second kappa shape index (κ2) is 4.67. The first-order chi connectivity index (χ1) is 7.36. The molecule has 0 atom stereocenters. The molecule has 1 aromatic carbocycles. The Morgan fingerprint density at radius 3 is 2.60 bits per heavy atom. The molecule has 2 heteroatoms. The van der Waals surface area contributed by atoms with Crippen molar-refractivity contribution in [2.75, 3.05) is 12.8 Å². The van der Waals surface area contributed by atoms with Crippen LogP contribution in [0.25, 0.3) is 5.57 Å². The summed E-state index contributed by atoms with van der Waals surface area (Å²) in [6, 6.07) is 10.5. The molecule has 0 amide bonds. The number of hydrogen-bond donors (Lipinski definition) is 0. The highest BCUT2D eigenvalue weighted by Gasteiger charge is 2.25. The van der Waals surface area contributed by atoms with Gasteiger partial charge in [0.15, 0.2) is 0 Å². The van der Waals surface area contributed by atoms with E-state index in [1.54, 1.807) is 0 Å². The Balaban J connectivity index is 2.36. The second-order valence-electron chi connectivity index (χ2n) is 3.44. The molecule has 0 fully saturated rings. The van der Waals surface area contributed by atoms with Crippen molar-refractivity contribution in [3.8, 4) is 0 Å². The van der Waals surface area contributed by atoms with E-state index in [1.807, 2.05) is 18.8 Å². The molecule has 1 aliphatic rings. The van der Waals surface area contributed by atoms with Crippen LogP contribution in [-0.4, -0.2) is 18.5 Å². The van der Waals surface area contributed by atoms with E-state index in [0.717, 1.165) is 12.2 Å². The van der Waals surface area contributed by atoms with Crippen molar-refractivity contribution >= 4 is 23.0 Å². The maximum absolute atomic E-state index is 4.33. The van der Waals surface area contributed by atoms with Gasteiger partial charge in [0, 0.05) is 29.7 Å². The average Bonchev–Trinajstić information content (AvgIpc) is 2.25. The first kappa shape index (κ1) is 10.5. The third-order valence-corrected chi connectivity index (χ3v) is 3.53. The fourth-order valence-corrected chi connectivity index (χ4v) is 2.77. The van der Waals surface area contributed by atoms with E-state index in [1.165, 1.54) is 21.8 Å². The van der Waals surface area contributed by atoms with Gasteiger partial charge in [-0.25, -0.2) is 0 Å². The smallest absolute Gasteiger partial charge is 0.0480 e. The van der Waals surface area contributed by atoms with Crippen LogP contribution in [0.5, 0.6) is 0 Å². The Bertz CT molecular complexity index is 404. The Hall–Kier alpha value is -1.02. The van der Waals surface area contributed by atoms with Crippen LogP contribution in [0.15, 0.2) is 40.2 Å². The van der Waals surface area contributed by atoms with E-state index in [0.29, 0.717) is 0 Å². The zero-order valence-electron chi connectivity index (χ0n) is 9.16. The van der Waals surface area contributed by atoms with E-state index in [4.69, 9.17) is 0 Å². The number of rotatable bonds is 3. The van der Waals surface area contributed by atoms with Gasteiger partial charge in [-0.1, -0.05) is 37.3 Å². The molecule has 0 radical (unpaired) electrons. The summed E-state index contributed by atoms with van der Waals surface area (Å²) in [5, 5.41) is 0. The summed E-state index contributed by atoms with van der Waals surface area (Å²) >= 11 is 1.94. The summed E-state index contributed by atoms with van der Waals surface area (Å²) in [5.41, 5.74) is 3.92. The Labute approximate surface area is 95.3 Å². The van der Waals surface area contributed by atoms with E-state index in [-0.39, 0.29) is 0 Å². The lowest BCUT2D eigenvalue weighted by Gasteiger charge is -2.25. The normalized spacial score (nSPS) is 18.1. The molecule has 0 aliphatic heterocycles. The lowest BCUT2D eigenvalue weighted by atomic mass is 9.89. The summed E-state index contributed by atoms with van der Waals surface area (Å²) in [6.07, 6.45) is 1.05. The molecule has 0 unspecified atom stereocenters. The number of aliphatic imine (C=N–C) groups is 1. The highest BCUT2D eigenvalue weighted by molar-refractivity contribution is 8.03. The standard InChI is InChI=1S/C13H15NS/c1-3-15-12-9-11(14-2)13(12)10-7-5-4-6-8-10/h4-8H,3,9H2,1-2H3. The lowest BCUT2D eigenvalue weighted by Crippen LogP contribution is -2.15. The maximum atomic E-state index is 4.33. The van der Waals surface area contributed by atoms with Crippen LogP contribution in [0.1, 0.15) is 18.9 Å². The van der Waals surface area contributed by atoms with Crippen molar-refractivity contribution in [3.05, 3.63) is 40.8 Å². The second-order valence-corrected chi connectivity index (χ2v) is 4.80. The molecule has 78 valence electrons. The predicted octanol–water partition coefficient (Wildman–Crippen LogP) is 3.63. The molecule has 0 N–H and O–H groups in total. The Morgan fingerprint density at radius 2 is 2.00 bits per heavy atom. The van der Waals surface area contributed by atoms with Gasteiger partial charge in [-0.05, 0) is 11.3 Å². The number of nitrogens with zero attached hydrogens (tertiary/aromatic N) is 1. The van der Waals surface area contributed by atoms with E-state index >= 15 is 0 Å². The predicted molar refractivity (Wildman–Crippen MR) is 69.5 cm³/mol. The van der Waals surface area contributed by atoms with Crippen LogP contribution in [-0.2, 0) is 0 Å². The molecule has 0 saturated heterocycles. The number of allylic oxidation sites excluding steroid dienone is 2. The maximum Gasteiger partial charge on any atom is 0.0480 e. The van der Waals surface area contributed by atoms with Gasteiger partial charge in [-0.2, -0.15) is 0 Å². The van der Waals surface area contributed by atoms with Crippen LogP contribution in [0, 0.1) is 0 Å². The van der Waals surface area contributed by atoms with Crippen molar-refractivity contribution in [1.29, 1.82) is 0 Å². The number of hydrogen-bond acceptors (Lipinski definition) is 2. The minimum absolute atomic E-state index is 1.05. The molecule has 0 heterocycles. The summed E-state index contributed by atoms with van der Waals surface area (Å²) in [5.74, 6) is 1.14.